The van der Waals surface area contributed by atoms with Gasteiger partial charge in [-0.3, -0.25) is 4.90 Å². The first-order valence-electron chi connectivity index (χ1n) is 11.4. The zero-order chi connectivity index (χ0) is 21.3. The van der Waals surface area contributed by atoms with Gasteiger partial charge in [0.15, 0.2) is 5.96 Å². The van der Waals surface area contributed by atoms with Gasteiger partial charge in [0.05, 0.1) is 39.6 Å². The Bertz CT molecular complexity index is 592. The van der Waals surface area contributed by atoms with Crippen molar-refractivity contribution in [2.45, 2.75) is 39.8 Å². The summed E-state index contributed by atoms with van der Waals surface area (Å²) in [6, 6.07) is 8.70. The minimum absolute atomic E-state index is 0.634. The van der Waals surface area contributed by atoms with Crippen LogP contribution in [-0.4, -0.2) is 76.7 Å². The number of morpholine rings is 1. The molecule has 1 saturated heterocycles. The van der Waals surface area contributed by atoms with E-state index in [1.165, 1.54) is 11.1 Å². The second-order valence-electron chi connectivity index (χ2n) is 7.41. The van der Waals surface area contributed by atoms with E-state index in [9.17, 15) is 0 Å². The highest BCUT2D eigenvalue weighted by atomic mass is 16.5. The van der Waals surface area contributed by atoms with Gasteiger partial charge in [-0.05, 0) is 24.5 Å². The molecule has 1 aromatic rings. The molecule has 1 heterocycles. The Morgan fingerprint density at radius 3 is 2.57 bits per heavy atom. The number of nitrogens with one attached hydrogen (secondary N) is 2. The highest BCUT2D eigenvalue weighted by molar-refractivity contribution is 5.79. The van der Waals surface area contributed by atoms with Gasteiger partial charge in [0.25, 0.3) is 0 Å². The van der Waals surface area contributed by atoms with E-state index in [0.29, 0.717) is 26.4 Å². The van der Waals surface area contributed by atoms with Crippen LogP contribution in [0.5, 0.6) is 0 Å². The van der Waals surface area contributed by atoms with E-state index in [4.69, 9.17) is 19.2 Å². The van der Waals surface area contributed by atoms with Gasteiger partial charge in [0, 0.05) is 39.3 Å². The molecule has 0 amide bonds. The quantitative estimate of drug-likeness (QED) is 0.274. The maximum atomic E-state index is 5.61. The second kappa shape index (κ2) is 16.1. The minimum atomic E-state index is 0.634. The number of hydrogen-bond acceptors (Lipinski definition) is 5. The molecule has 1 aliphatic rings. The number of nitrogens with zero attached hydrogens (tertiary/aromatic N) is 2. The van der Waals surface area contributed by atoms with Crippen molar-refractivity contribution in [3.8, 4) is 0 Å². The molecule has 7 heteroatoms. The molecule has 0 aromatic heterocycles. The number of ether oxygens (including phenoxy) is 3. The fourth-order valence-electron chi connectivity index (χ4n) is 3.17. The monoisotopic (exact) mass is 420 g/mol. The lowest BCUT2D eigenvalue weighted by Crippen LogP contribution is -2.39. The van der Waals surface area contributed by atoms with Crippen LogP contribution in [0.2, 0.25) is 0 Å². The van der Waals surface area contributed by atoms with Crippen molar-refractivity contribution < 1.29 is 14.2 Å². The van der Waals surface area contributed by atoms with Gasteiger partial charge < -0.3 is 24.8 Å². The molecule has 0 aliphatic carbocycles. The van der Waals surface area contributed by atoms with Crippen molar-refractivity contribution in [2.75, 3.05) is 65.8 Å². The summed E-state index contributed by atoms with van der Waals surface area (Å²) in [5.74, 6) is 0.818. The summed E-state index contributed by atoms with van der Waals surface area (Å²) in [5, 5.41) is 6.63. The topological polar surface area (TPSA) is 67.4 Å². The van der Waals surface area contributed by atoms with Crippen molar-refractivity contribution in [1.29, 1.82) is 0 Å². The summed E-state index contributed by atoms with van der Waals surface area (Å²) < 4.78 is 16.5. The summed E-state index contributed by atoms with van der Waals surface area (Å²) in [6.45, 7) is 13.8. The van der Waals surface area contributed by atoms with Gasteiger partial charge in [-0.25, -0.2) is 4.99 Å². The third-order valence-corrected chi connectivity index (χ3v) is 4.82. The third kappa shape index (κ3) is 10.9. The number of benzene rings is 1. The Morgan fingerprint density at radius 2 is 1.80 bits per heavy atom. The smallest absolute Gasteiger partial charge is 0.191 e. The van der Waals surface area contributed by atoms with Crippen molar-refractivity contribution >= 4 is 5.96 Å². The normalized spacial score (nSPS) is 15.3. The summed E-state index contributed by atoms with van der Waals surface area (Å²) in [7, 11) is 0. The number of rotatable bonds is 14. The van der Waals surface area contributed by atoms with E-state index in [0.717, 1.165) is 71.3 Å². The number of unbranched alkanes of at least 4 members (excludes halogenated alkanes) is 1. The fourth-order valence-corrected chi connectivity index (χ4v) is 3.17. The van der Waals surface area contributed by atoms with Crippen LogP contribution in [0.1, 0.15) is 37.8 Å². The van der Waals surface area contributed by atoms with Gasteiger partial charge in [-0.2, -0.15) is 0 Å². The summed E-state index contributed by atoms with van der Waals surface area (Å²) >= 11 is 0. The predicted octanol–water partition coefficient (Wildman–Crippen LogP) is 2.41. The molecule has 1 fully saturated rings. The maximum absolute atomic E-state index is 5.61. The average molecular weight is 421 g/mol. The van der Waals surface area contributed by atoms with E-state index in [1.54, 1.807) is 0 Å². The van der Waals surface area contributed by atoms with Gasteiger partial charge in [0.2, 0.25) is 0 Å². The number of guanidine groups is 1. The number of hydrogen-bond donors (Lipinski definition) is 2. The molecule has 0 spiro atoms. The van der Waals surface area contributed by atoms with Crippen LogP contribution in [-0.2, 0) is 27.3 Å². The Kier molecular flexibility index (Phi) is 13.2. The molecular weight excluding hydrogens is 380 g/mol. The van der Waals surface area contributed by atoms with E-state index in [1.807, 2.05) is 0 Å². The average Bonchev–Trinajstić information content (AvgIpc) is 2.77. The molecule has 30 heavy (non-hydrogen) atoms. The molecule has 170 valence electrons. The maximum Gasteiger partial charge on any atom is 0.191 e. The largest absolute Gasteiger partial charge is 0.379 e. The van der Waals surface area contributed by atoms with Gasteiger partial charge >= 0.3 is 0 Å². The zero-order valence-electron chi connectivity index (χ0n) is 18.8. The fraction of sp³-hybridized carbons (Fsp3) is 0.696. The van der Waals surface area contributed by atoms with Crippen molar-refractivity contribution in [1.82, 2.24) is 15.5 Å². The van der Waals surface area contributed by atoms with E-state index in [-0.39, 0.29) is 0 Å². The standard InChI is InChI=1S/C23H40N4O3/c1-3-5-12-28-16-17-29-13-9-25-23(24-4-2)26-19-21-7-6-8-22(18-21)20-27-10-14-30-15-11-27/h6-8,18H,3-5,9-17,19-20H2,1-2H3,(H2,24,25,26). The van der Waals surface area contributed by atoms with E-state index < -0.39 is 0 Å². The number of aliphatic imine (C=N–C) groups is 1. The molecule has 1 aromatic carbocycles. The molecule has 0 bridgehead atoms. The molecule has 2 rings (SSSR count). The summed E-state index contributed by atoms with van der Waals surface area (Å²) in [5.41, 5.74) is 2.55. The van der Waals surface area contributed by atoms with Crippen LogP contribution in [0, 0.1) is 0 Å². The van der Waals surface area contributed by atoms with Crippen LogP contribution >= 0.6 is 0 Å². The molecule has 0 saturated carbocycles. The first-order valence-corrected chi connectivity index (χ1v) is 11.4. The van der Waals surface area contributed by atoms with Crippen LogP contribution in [0.15, 0.2) is 29.3 Å². The van der Waals surface area contributed by atoms with Gasteiger partial charge in [-0.1, -0.05) is 37.6 Å². The molecule has 0 atom stereocenters. The minimum Gasteiger partial charge on any atom is -0.379 e. The first kappa shape index (κ1) is 24.6. The van der Waals surface area contributed by atoms with Crippen molar-refractivity contribution in [2.24, 2.45) is 4.99 Å². The van der Waals surface area contributed by atoms with E-state index >= 15 is 0 Å². The first-order chi connectivity index (χ1) is 14.8. The summed E-state index contributed by atoms with van der Waals surface area (Å²) in [4.78, 5) is 7.16. The van der Waals surface area contributed by atoms with Crippen LogP contribution < -0.4 is 10.6 Å². The SMILES string of the molecule is CCCCOCCOCCNC(=NCc1cccc(CN2CCOCC2)c1)NCC. The lowest BCUT2D eigenvalue weighted by atomic mass is 10.1. The molecule has 7 nitrogen and oxygen atoms in total. The molecule has 2 N–H and O–H groups in total. The lowest BCUT2D eigenvalue weighted by molar-refractivity contribution is 0.0342. The Hall–Kier alpha value is -1.67. The molecule has 1 aliphatic heterocycles. The molecule has 0 radical (unpaired) electrons. The highest BCUT2D eigenvalue weighted by Gasteiger charge is 2.10. The predicted molar refractivity (Wildman–Crippen MR) is 122 cm³/mol. The van der Waals surface area contributed by atoms with Crippen LogP contribution in [0.3, 0.4) is 0 Å². The molecule has 0 unspecified atom stereocenters. The second-order valence-corrected chi connectivity index (χ2v) is 7.41. The highest BCUT2D eigenvalue weighted by Crippen LogP contribution is 2.10. The lowest BCUT2D eigenvalue weighted by Gasteiger charge is -2.26. The zero-order valence-corrected chi connectivity index (χ0v) is 18.8. The van der Waals surface area contributed by atoms with Crippen molar-refractivity contribution in [3.63, 3.8) is 0 Å². The Morgan fingerprint density at radius 1 is 1.03 bits per heavy atom. The van der Waals surface area contributed by atoms with E-state index in [2.05, 4.69) is 53.6 Å². The third-order valence-electron chi connectivity index (χ3n) is 4.82. The Labute approximate surface area is 182 Å². The van der Waals surface area contributed by atoms with Crippen molar-refractivity contribution in [3.05, 3.63) is 35.4 Å². The molecular formula is C23H40N4O3. The van der Waals surface area contributed by atoms with Gasteiger partial charge in [-0.15, -0.1) is 0 Å². The summed E-state index contributed by atoms with van der Waals surface area (Å²) in [6.07, 6.45) is 2.27. The van der Waals surface area contributed by atoms with Crippen LogP contribution in [0.25, 0.3) is 0 Å². The van der Waals surface area contributed by atoms with Gasteiger partial charge in [0.1, 0.15) is 0 Å². The van der Waals surface area contributed by atoms with Crippen LogP contribution in [0.4, 0.5) is 0 Å². The Balaban J connectivity index is 1.69.